The Morgan fingerprint density at radius 2 is 2.22 bits per heavy atom. The number of nitro benzene ring substituents is 1. The Morgan fingerprint density at radius 1 is 1.52 bits per heavy atom. The second kappa shape index (κ2) is 6.77. The van der Waals surface area contributed by atoms with Gasteiger partial charge in [-0.2, -0.15) is 5.26 Å². The lowest BCUT2D eigenvalue weighted by Gasteiger charge is -2.05. The fourth-order valence-corrected chi connectivity index (χ4v) is 3.49. The standard InChI is InChI=1S/C15H12ClN3O3S/c1-3-10-8(2)23-15(12(10)7-17)18-14(20)11-6-9(16)4-5-13(11)19(21)22/h4-6H,3H2,1-2H3,(H,18,20). The first kappa shape index (κ1) is 16.9. The summed E-state index contributed by atoms with van der Waals surface area (Å²) in [5, 5.41) is 23.5. The molecule has 0 saturated heterocycles. The van der Waals surface area contributed by atoms with E-state index in [-0.39, 0.29) is 16.3 Å². The zero-order chi connectivity index (χ0) is 17.1. The molecule has 0 saturated carbocycles. The fourth-order valence-electron chi connectivity index (χ4n) is 2.23. The molecule has 6 nitrogen and oxygen atoms in total. The van der Waals surface area contributed by atoms with Crippen molar-refractivity contribution in [3.8, 4) is 6.07 Å². The van der Waals surface area contributed by atoms with Crippen LogP contribution < -0.4 is 5.32 Å². The number of thiophene rings is 1. The van der Waals surface area contributed by atoms with Crippen molar-refractivity contribution in [2.24, 2.45) is 0 Å². The maximum Gasteiger partial charge on any atom is 0.282 e. The quantitative estimate of drug-likeness (QED) is 0.657. The first-order valence-corrected chi connectivity index (χ1v) is 7.86. The highest BCUT2D eigenvalue weighted by Gasteiger charge is 2.23. The summed E-state index contributed by atoms with van der Waals surface area (Å²) in [7, 11) is 0. The van der Waals surface area contributed by atoms with E-state index >= 15 is 0 Å². The van der Waals surface area contributed by atoms with Crippen LogP contribution >= 0.6 is 22.9 Å². The molecule has 0 spiro atoms. The zero-order valence-corrected chi connectivity index (χ0v) is 13.9. The predicted molar refractivity (Wildman–Crippen MR) is 89.2 cm³/mol. The summed E-state index contributed by atoms with van der Waals surface area (Å²) in [4.78, 5) is 23.7. The largest absolute Gasteiger partial charge is 0.312 e. The van der Waals surface area contributed by atoms with Crippen LogP contribution in [-0.2, 0) is 6.42 Å². The van der Waals surface area contributed by atoms with Gasteiger partial charge in [0.2, 0.25) is 0 Å². The topological polar surface area (TPSA) is 96.0 Å². The average Bonchev–Trinajstić information content (AvgIpc) is 2.81. The van der Waals surface area contributed by atoms with Gasteiger partial charge in [0, 0.05) is 16.0 Å². The molecule has 0 aliphatic heterocycles. The maximum absolute atomic E-state index is 12.4. The number of hydrogen-bond donors (Lipinski definition) is 1. The molecule has 2 rings (SSSR count). The SMILES string of the molecule is CCc1c(C)sc(NC(=O)c2cc(Cl)ccc2[N+](=O)[O-])c1C#N. The third kappa shape index (κ3) is 3.33. The molecule has 1 aromatic carbocycles. The average molecular weight is 350 g/mol. The lowest BCUT2D eigenvalue weighted by atomic mass is 10.1. The molecule has 0 bridgehead atoms. The van der Waals surface area contributed by atoms with Crippen LogP contribution in [0.15, 0.2) is 18.2 Å². The predicted octanol–water partition coefficient (Wildman–Crippen LogP) is 4.30. The Labute approximate surface area is 141 Å². The van der Waals surface area contributed by atoms with E-state index in [4.69, 9.17) is 11.6 Å². The van der Waals surface area contributed by atoms with Gasteiger partial charge in [-0.25, -0.2) is 0 Å². The van der Waals surface area contributed by atoms with E-state index in [1.54, 1.807) is 0 Å². The number of halogens is 1. The van der Waals surface area contributed by atoms with Gasteiger partial charge in [0.1, 0.15) is 16.6 Å². The summed E-state index contributed by atoms with van der Waals surface area (Å²) < 4.78 is 0. The van der Waals surface area contributed by atoms with Crippen LogP contribution in [0.1, 0.15) is 33.3 Å². The second-order valence-electron chi connectivity index (χ2n) is 4.68. The number of amides is 1. The minimum absolute atomic E-state index is 0.143. The number of nitrogens with one attached hydrogen (secondary N) is 1. The summed E-state index contributed by atoms with van der Waals surface area (Å²) >= 11 is 7.10. The van der Waals surface area contributed by atoms with E-state index < -0.39 is 10.8 Å². The van der Waals surface area contributed by atoms with Gasteiger partial charge in [-0.15, -0.1) is 11.3 Å². The van der Waals surface area contributed by atoms with Crippen LogP contribution in [0.5, 0.6) is 0 Å². The number of hydrogen-bond acceptors (Lipinski definition) is 5. The van der Waals surface area contributed by atoms with Crippen molar-refractivity contribution < 1.29 is 9.72 Å². The number of anilines is 1. The molecule has 0 aliphatic rings. The summed E-state index contributed by atoms with van der Waals surface area (Å²) in [6, 6.07) is 5.84. The summed E-state index contributed by atoms with van der Waals surface area (Å²) in [5.74, 6) is -0.667. The molecule has 118 valence electrons. The Morgan fingerprint density at radius 3 is 2.78 bits per heavy atom. The zero-order valence-electron chi connectivity index (χ0n) is 12.3. The Hall–Kier alpha value is -2.43. The third-order valence-corrected chi connectivity index (χ3v) is 4.60. The van der Waals surface area contributed by atoms with Crippen molar-refractivity contribution in [3.05, 3.63) is 54.9 Å². The van der Waals surface area contributed by atoms with Crippen LogP contribution in [0.4, 0.5) is 10.7 Å². The van der Waals surface area contributed by atoms with Crippen molar-refractivity contribution in [1.82, 2.24) is 0 Å². The van der Waals surface area contributed by atoms with Crippen LogP contribution in [0.2, 0.25) is 5.02 Å². The molecule has 0 atom stereocenters. The van der Waals surface area contributed by atoms with Crippen molar-refractivity contribution in [3.63, 3.8) is 0 Å². The molecule has 0 radical (unpaired) electrons. The van der Waals surface area contributed by atoms with Gasteiger partial charge in [-0.3, -0.25) is 14.9 Å². The van der Waals surface area contributed by atoms with Crippen molar-refractivity contribution in [2.75, 3.05) is 5.32 Å². The number of benzene rings is 1. The van der Waals surface area contributed by atoms with Gasteiger partial charge >= 0.3 is 0 Å². The number of aryl methyl sites for hydroxylation is 1. The van der Waals surface area contributed by atoms with E-state index in [0.29, 0.717) is 17.0 Å². The van der Waals surface area contributed by atoms with Gasteiger partial charge in [0.25, 0.3) is 11.6 Å². The Bertz CT molecular complexity index is 839. The first-order chi connectivity index (χ1) is 10.9. The fraction of sp³-hybridized carbons (Fsp3) is 0.200. The lowest BCUT2D eigenvalue weighted by molar-refractivity contribution is -0.385. The molecule has 0 unspecified atom stereocenters. The third-order valence-electron chi connectivity index (χ3n) is 3.30. The minimum atomic E-state index is -0.667. The highest BCUT2D eigenvalue weighted by Crippen LogP contribution is 2.33. The first-order valence-electron chi connectivity index (χ1n) is 6.66. The van der Waals surface area contributed by atoms with Gasteiger partial charge < -0.3 is 5.32 Å². The van der Waals surface area contributed by atoms with Gasteiger partial charge in [0.15, 0.2) is 0 Å². The number of carbonyl (C=O) groups excluding carboxylic acids is 1. The van der Waals surface area contributed by atoms with E-state index in [1.807, 2.05) is 13.8 Å². The van der Waals surface area contributed by atoms with Gasteiger partial charge in [-0.1, -0.05) is 18.5 Å². The molecular weight excluding hydrogens is 338 g/mol. The second-order valence-corrected chi connectivity index (χ2v) is 6.34. The monoisotopic (exact) mass is 349 g/mol. The van der Waals surface area contributed by atoms with Crippen molar-refractivity contribution in [1.29, 1.82) is 5.26 Å². The van der Waals surface area contributed by atoms with Crippen LogP contribution in [0, 0.1) is 28.4 Å². The van der Waals surface area contributed by atoms with Crippen molar-refractivity contribution >= 4 is 39.5 Å². The lowest BCUT2D eigenvalue weighted by Crippen LogP contribution is -2.14. The van der Waals surface area contributed by atoms with Crippen LogP contribution in [0.25, 0.3) is 0 Å². The number of nitriles is 1. The highest BCUT2D eigenvalue weighted by molar-refractivity contribution is 7.16. The molecule has 23 heavy (non-hydrogen) atoms. The minimum Gasteiger partial charge on any atom is -0.312 e. The normalized spacial score (nSPS) is 10.2. The molecule has 1 amide bonds. The Balaban J connectivity index is 2.43. The summed E-state index contributed by atoms with van der Waals surface area (Å²) in [5.41, 5.74) is 0.784. The number of nitrogens with zero attached hydrogens (tertiary/aromatic N) is 2. The molecule has 0 aliphatic carbocycles. The molecular formula is C15H12ClN3O3S. The number of nitro groups is 1. The summed E-state index contributed by atoms with van der Waals surface area (Å²) in [6.45, 7) is 3.78. The molecule has 2 aromatic rings. The molecule has 8 heteroatoms. The van der Waals surface area contributed by atoms with Gasteiger partial charge in [0.05, 0.1) is 10.5 Å². The molecule has 1 N–H and O–H groups in total. The summed E-state index contributed by atoms with van der Waals surface area (Å²) in [6.07, 6.45) is 0.665. The number of carbonyl (C=O) groups is 1. The molecule has 1 heterocycles. The van der Waals surface area contributed by atoms with E-state index in [9.17, 15) is 20.2 Å². The van der Waals surface area contributed by atoms with Crippen molar-refractivity contribution in [2.45, 2.75) is 20.3 Å². The molecule has 0 fully saturated rings. The maximum atomic E-state index is 12.4. The highest BCUT2D eigenvalue weighted by atomic mass is 35.5. The smallest absolute Gasteiger partial charge is 0.282 e. The van der Waals surface area contributed by atoms with Crippen LogP contribution in [0.3, 0.4) is 0 Å². The van der Waals surface area contributed by atoms with E-state index in [2.05, 4.69) is 11.4 Å². The van der Waals surface area contributed by atoms with Gasteiger partial charge in [-0.05, 0) is 31.0 Å². The van der Waals surface area contributed by atoms with E-state index in [0.717, 1.165) is 10.4 Å². The van der Waals surface area contributed by atoms with E-state index in [1.165, 1.54) is 29.5 Å². The Kier molecular flexibility index (Phi) is 4.98. The molecule has 1 aromatic heterocycles. The van der Waals surface area contributed by atoms with Crippen LogP contribution in [-0.4, -0.2) is 10.8 Å². The number of rotatable bonds is 4.